The number of H-pyrrole nitrogens is 1. The fraction of sp³-hybridized carbons (Fsp3) is 0.238. The second-order valence-electron chi connectivity index (χ2n) is 6.60. The summed E-state index contributed by atoms with van der Waals surface area (Å²) in [5, 5.41) is 0.847. The van der Waals surface area contributed by atoms with Gasteiger partial charge in [0.2, 0.25) is 0 Å². The Labute approximate surface area is 168 Å². The molecule has 0 aliphatic rings. The van der Waals surface area contributed by atoms with Gasteiger partial charge in [-0.05, 0) is 30.7 Å². The van der Waals surface area contributed by atoms with Crippen LogP contribution >= 0.6 is 0 Å². The average molecular weight is 411 g/mol. The number of rotatable bonds is 8. The molecule has 0 atom stereocenters. The van der Waals surface area contributed by atoms with Gasteiger partial charge in [-0.1, -0.05) is 25.1 Å². The summed E-state index contributed by atoms with van der Waals surface area (Å²) in [6, 6.07) is 14.3. The highest BCUT2D eigenvalue weighted by Crippen LogP contribution is 2.26. The molecule has 2 heterocycles. The quantitative estimate of drug-likeness (QED) is 0.350. The third-order valence-electron chi connectivity index (χ3n) is 4.45. The number of benzene rings is 2. The van der Waals surface area contributed by atoms with E-state index in [1.54, 1.807) is 24.4 Å². The average Bonchev–Trinajstić information content (AvgIpc) is 3.15. The highest BCUT2D eigenvalue weighted by Gasteiger charge is 2.14. The van der Waals surface area contributed by atoms with Gasteiger partial charge in [-0.15, -0.1) is 0 Å². The predicted molar refractivity (Wildman–Crippen MR) is 112 cm³/mol. The normalized spacial score (nSPS) is 11.8. The molecule has 2 aromatic heterocycles. The summed E-state index contributed by atoms with van der Waals surface area (Å²) in [4.78, 5) is 12.2. The molecule has 0 fully saturated rings. The van der Waals surface area contributed by atoms with Gasteiger partial charge in [-0.3, -0.25) is 4.98 Å². The molecule has 0 radical (unpaired) electrons. The Balaban J connectivity index is 1.43. The van der Waals surface area contributed by atoms with Gasteiger partial charge in [0.25, 0.3) is 0 Å². The van der Waals surface area contributed by atoms with Crippen LogP contribution in [0.4, 0.5) is 0 Å². The summed E-state index contributed by atoms with van der Waals surface area (Å²) in [6.45, 7) is 2.32. The van der Waals surface area contributed by atoms with Crippen molar-refractivity contribution in [1.29, 1.82) is 0 Å². The summed E-state index contributed by atoms with van der Waals surface area (Å²) in [7, 11) is -3.73. The van der Waals surface area contributed by atoms with Crippen LogP contribution in [0.5, 0.6) is 11.5 Å². The molecule has 29 heavy (non-hydrogen) atoms. The van der Waals surface area contributed by atoms with E-state index in [1.165, 1.54) is 0 Å². The Morgan fingerprint density at radius 3 is 2.69 bits per heavy atom. The molecule has 0 saturated carbocycles. The lowest BCUT2D eigenvalue weighted by molar-refractivity contribution is 0.316. The molecule has 8 heteroatoms. The zero-order chi connectivity index (χ0) is 20.3. The van der Waals surface area contributed by atoms with Crippen LogP contribution in [0.3, 0.4) is 0 Å². The first kappa shape index (κ1) is 19.2. The molecule has 4 aromatic rings. The second-order valence-corrected chi connectivity index (χ2v) is 8.29. The van der Waals surface area contributed by atoms with E-state index in [9.17, 15) is 8.42 Å². The van der Waals surface area contributed by atoms with Gasteiger partial charge in [0.05, 0.1) is 35.1 Å². The SMILES string of the molecule is CCc1nc2c(cnc3cc(OS(=O)(=O)CCCOc4ccccc4)ccc32)[nH]1. The number of aromatic amines is 1. The lowest BCUT2D eigenvalue weighted by Crippen LogP contribution is -2.16. The number of aryl methyl sites for hydroxylation is 1. The van der Waals surface area contributed by atoms with Gasteiger partial charge in [0.1, 0.15) is 17.3 Å². The Morgan fingerprint density at radius 1 is 1.07 bits per heavy atom. The molecule has 0 spiro atoms. The third kappa shape index (κ3) is 4.48. The zero-order valence-electron chi connectivity index (χ0n) is 16.0. The number of pyridine rings is 1. The molecule has 0 bridgehead atoms. The van der Waals surface area contributed by atoms with Crippen LogP contribution in [0.15, 0.2) is 54.7 Å². The van der Waals surface area contributed by atoms with Crippen molar-refractivity contribution in [2.24, 2.45) is 0 Å². The number of imidazole rings is 1. The number of fused-ring (bicyclic) bond motifs is 3. The monoisotopic (exact) mass is 411 g/mol. The molecule has 0 aliphatic heterocycles. The molecule has 7 nitrogen and oxygen atoms in total. The Hall–Kier alpha value is -3.13. The van der Waals surface area contributed by atoms with Crippen molar-refractivity contribution in [2.75, 3.05) is 12.4 Å². The van der Waals surface area contributed by atoms with Crippen molar-refractivity contribution >= 4 is 32.1 Å². The predicted octanol–water partition coefficient (Wildman–Crippen LogP) is 3.85. The van der Waals surface area contributed by atoms with E-state index < -0.39 is 10.1 Å². The molecule has 0 amide bonds. The van der Waals surface area contributed by atoms with Crippen molar-refractivity contribution in [2.45, 2.75) is 19.8 Å². The van der Waals surface area contributed by atoms with Gasteiger partial charge in [-0.25, -0.2) is 4.98 Å². The molecular formula is C21H21N3O4S. The minimum Gasteiger partial charge on any atom is -0.494 e. The van der Waals surface area contributed by atoms with E-state index in [1.807, 2.05) is 37.3 Å². The van der Waals surface area contributed by atoms with Crippen molar-refractivity contribution in [3.63, 3.8) is 0 Å². The smallest absolute Gasteiger partial charge is 0.309 e. The van der Waals surface area contributed by atoms with Crippen LogP contribution in [0.25, 0.3) is 21.9 Å². The molecular weight excluding hydrogens is 390 g/mol. The first-order valence-corrected chi connectivity index (χ1v) is 11.0. The first-order chi connectivity index (χ1) is 14.0. The van der Waals surface area contributed by atoms with Gasteiger partial charge in [-0.2, -0.15) is 8.42 Å². The Morgan fingerprint density at radius 2 is 1.90 bits per heavy atom. The minimum atomic E-state index is -3.73. The van der Waals surface area contributed by atoms with Crippen molar-refractivity contribution in [1.82, 2.24) is 15.0 Å². The van der Waals surface area contributed by atoms with Gasteiger partial charge >= 0.3 is 10.1 Å². The summed E-state index contributed by atoms with van der Waals surface area (Å²) in [5.41, 5.74) is 2.31. The van der Waals surface area contributed by atoms with Crippen molar-refractivity contribution in [3.05, 3.63) is 60.6 Å². The molecule has 4 rings (SSSR count). The maximum absolute atomic E-state index is 12.3. The van der Waals surface area contributed by atoms with E-state index in [-0.39, 0.29) is 11.5 Å². The van der Waals surface area contributed by atoms with Crippen LogP contribution in [-0.2, 0) is 16.5 Å². The number of hydrogen-bond donors (Lipinski definition) is 1. The topological polar surface area (TPSA) is 94.2 Å². The first-order valence-electron chi connectivity index (χ1n) is 9.41. The molecule has 2 aromatic carbocycles. The maximum atomic E-state index is 12.3. The van der Waals surface area contributed by atoms with E-state index in [2.05, 4.69) is 15.0 Å². The van der Waals surface area contributed by atoms with E-state index in [0.29, 0.717) is 24.3 Å². The summed E-state index contributed by atoms with van der Waals surface area (Å²) >= 11 is 0. The summed E-state index contributed by atoms with van der Waals surface area (Å²) in [6.07, 6.45) is 2.82. The largest absolute Gasteiger partial charge is 0.494 e. The molecule has 0 unspecified atom stereocenters. The number of aromatic nitrogens is 3. The van der Waals surface area contributed by atoms with Crippen LogP contribution in [0.2, 0.25) is 0 Å². The van der Waals surface area contributed by atoms with Crippen LogP contribution in [0, 0.1) is 0 Å². The van der Waals surface area contributed by atoms with E-state index in [4.69, 9.17) is 8.92 Å². The van der Waals surface area contributed by atoms with Crippen LogP contribution in [-0.4, -0.2) is 35.7 Å². The minimum absolute atomic E-state index is 0.135. The fourth-order valence-corrected chi connectivity index (χ4v) is 3.99. The van der Waals surface area contributed by atoms with Gasteiger partial charge < -0.3 is 13.9 Å². The molecule has 0 saturated heterocycles. The van der Waals surface area contributed by atoms with E-state index in [0.717, 1.165) is 28.7 Å². The summed E-state index contributed by atoms with van der Waals surface area (Å²) < 4.78 is 35.3. The standard InChI is InChI=1S/C21H21N3O4S/c1-2-20-23-19-14-22-18-13-16(9-10-17(18)21(19)24-20)28-29(25,26)12-6-11-27-15-7-4-3-5-8-15/h3-5,7-10,13-14H,2,6,11-12H2,1H3,(H,23,24). The molecule has 1 N–H and O–H groups in total. The number of nitrogens with zero attached hydrogens (tertiary/aromatic N) is 2. The lowest BCUT2D eigenvalue weighted by Gasteiger charge is -2.09. The van der Waals surface area contributed by atoms with Gasteiger partial charge in [0, 0.05) is 17.9 Å². The van der Waals surface area contributed by atoms with E-state index >= 15 is 0 Å². The van der Waals surface area contributed by atoms with Crippen molar-refractivity contribution in [3.8, 4) is 11.5 Å². The lowest BCUT2D eigenvalue weighted by atomic mass is 10.2. The Bertz CT molecular complexity index is 1240. The zero-order valence-corrected chi connectivity index (χ0v) is 16.8. The number of para-hydroxylation sites is 1. The second kappa shape index (κ2) is 8.08. The number of hydrogen-bond acceptors (Lipinski definition) is 6. The number of nitrogens with one attached hydrogen (secondary N) is 1. The summed E-state index contributed by atoms with van der Waals surface area (Å²) in [5.74, 6) is 1.70. The van der Waals surface area contributed by atoms with Crippen molar-refractivity contribution < 1.29 is 17.3 Å². The number of ether oxygens (including phenoxy) is 1. The maximum Gasteiger partial charge on any atom is 0.309 e. The molecule has 150 valence electrons. The van der Waals surface area contributed by atoms with Crippen LogP contribution < -0.4 is 8.92 Å². The molecule has 0 aliphatic carbocycles. The fourth-order valence-electron chi connectivity index (χ4n) is 3.04. The third-order valence-corrected chi connectivity index (χ3v) is 5.68. The Kier molecular flexibility index (Phi) is 5.35. The highest BCUT2D eigenvalue weighted by atomic mass is 32.2. The highest BCUT2D eigenvalue weighted by molar-refractivity contribution is 7.87. The van der Waals surface area contributed by atoms with Crippen LogP contribution in [0.1, 0.15) is 19.2 Å². The van der Waals surface area contributed by atoms with Gasteiger partial charge in [0.15, 0.2) is 0 Å².